The van der Waals surface area contributed by atoms with E-state index in [2.05, 4.69) is 5.32 Å². The number of carbonyl (C=O) groups excluding carboxylic acids is 1. The number of hydrogen-bond acceptors (Lipinski definition) is 3. The number of ether oxygens (including phenoxy) is 1. The molecule has 1 amide bonds. The first-order chi connectivity index (χ1) is 7.16. The van der Waals surface area contributed by atoms with E-state index in [0.29, 0.717) is 6.61 Å². The lowest BCUT2D eigenvalue weighted by molar-refractivity contribution is -0.137. The molecule has 1 fully saturated rings. The molecule has 2 atom stereocenters. The van der Waals surface area contributed by atoms with Crippen LogP contribution in [-0.2, 0) is 9.53 Å². The first-order valence-electron chi connectivity index (χ1n) is 5.63. The molecule has 1 N–H and O–H groups in total. The van der Waals surface area contributed by atoms with Crippen molar-refractivity contribution in [2.45, 2.75) is 25.8 Å². The summed E-state index contributed by atoms with van der Waals surface area (Å²) in [6, 6.07) is 0.157. The Morgan fingerprint density at radius 1 is 1.67 bits per heavy atom. The van der Waals surface area contributed by atoms with Crippen LogP contribution in [0.3, 0.4) is 0 Å². The van der Waals surface area contributed by atoms with Crippen LogP contribution in [0.1, 0.15) is 19.8 Å². The van der Waals surface area contributed by atoms with Crippen LogP contribution in [0.15, 0.2) is 0 Å². The molecule has 1 aliphatic heterocycles. The third-order valence-electron chi connectivity index (χ3n) is 3.06. The van der Waals surface area contributed by atoms with Gasteiger partial charge in [0.15, 0.2) is 0 Å². The first kappa shape index (κ1) is 12.5. The third kappa shape index (κ3) is 3.47. The average Bonchev–Trinajstić information content (AvgIpc) is 2.28. The van der Waals surface area contributed by atoms with Crippen LogP contribution in [0.4, 0.5) is 0 Å². The summed E-state index contributed by atoms with van der Waals surface area (Å²) in [5.74, 6) is 0.398. The summed E-state index contributed by atoms with van der Waals surface area (Å²) in [6.07, 6.45) is 2.11. The zero-order valence-corrected chi connectivity index (χ0v) is 9.95. The van der Waals surface area contributed by atoms with Crippen molar-refractivity contribution in [1.82, 2.24) is 10.2 Å². The van der Waals surface area contributed by atoms with Gasteiger partial charge in [-0.15, -0.1) is 0 Å². The molecule has 4 nitrogen and oxygen atoms in total. The van der Waals surface area contributed by atoms with Crippen molar-refractivity contribution in [3.05, 3.63) is 0 Å². The van der Waals surface area contributed by atoms with Gasteiger partial charge in [-0.2, -0.15) is 0 Å². The second kappa shape index (κ2) is 6.08. The molecule has 15 heavy (non-hydrogen) atoms. The van der Waals surface area contributed by atoms with E-state index in [1.807, 2.05) is 14.0 Å². The van der Waals surface area contributed by atoms with Gasteiger partial charge in [0, 0.05) is 20.7 Å². The lowest BCUT2D eigenvalue weighted by Crippen LogP contribution is -2.45. The minimum absolute atomic E-state index is 0.156. The van der Waals surface area contributed by atoms with Gasteiger partial charge in [0.25, 0.3) is 0 Å². The number of nitrogens with one attached hydrogen (secondary N) is 1. The molecule has 1 rings (SSSR count). The number of hydrogen-bond donors (Lipinski definition) is 1. The molecule has 0 aromatic heterocycles. The molecule has 2 unspecified atom stereocenters. The van der Waals surface area contributed by atoms with Gasteiger partial charge in [-0.1, -0.05) is 0 Å². The van der Waals surface area contributed by atoms with E-state index < -0.39 is 0 Å². The molecule has 0 saturated carbocycles. The van der Waals surface area contributed by atoms with E-state index in [1.165, 1.54) is 0 Å². The number of nitrogens with zero attached hydrogens (tertiary/aromatic N) is 1. The molecule has 88 valence electrons. The van der Waals surface area contributed by atoms with E-state index in [-0.39, 0.29) is 17.9 Å². The lowest BCUT2D eigenvalue weighted by Gasteiger charge is -2.30. The molecule has 1 heterocycles. The Morgan fingerprint density at radius 3 is 2.93 bits per heavy atom. The van der Waals surface area contributed by atoms with E-state index in [9.17, 15) is 4.79 Å². The minimum Gasteiger partial charge on any atom is -0.383 e. The molecule has 0 radical (unpaired) electrons. The molecule has 1 saturated heterocycles. The Morgan fingerprint density at radius 2 is 2.40 bits per heavy atom. The topological polar surface area (TPSA) is 41.6 Å². The van der Waals surface area contributed by atoms with E-state index in [4.69, 9.17) is 4.74 Å². The Kier molecular flexibility index (Phi) is 5.05. The summed E-state index contributed by atoms with van der Waals surface area (Å²) in [7, 11) is 3.53. The van der Waals surface area contributed by atoms with Crippen LogP contribution in [0.2, 0.25) is 0 Å². The molecule has 0 bridgehead atoms. The van der Waals surface area contributed by atoms with Gasteiger partial charge in [0.1, 0.15) is 0 Å². The highest BCUT2D eigenvalue weighted by molar-refractivity contribution is 5.79. The smallest absolute Gasteiger partial charge is 0.227 e. The minimum atomic E-state index is 0.156. The fourth-order valence-corrected chi connectivity index (χ4v) is 1.92. The van der Waals surface area contributed by atoms with Crippen molar-refractivity contribution in [1.29, 1.82) is 0 Å². The number of piperidine rings is 1. The van der Waals surface area contributed by atoms with Gasteiger partial charge in [-0.3, -0.25) is 4.79 Å². The Hall–Kier alpha value is -0.610. The molecule has 0 aromatic rings. The Bertz CT molecular complexity index is 203. The van der Waals surface area contributed by atoms with Gasteiger partial charge in [-0.25, -0.2) is 0 Å². The number of carbonyl (C=O) groups is 1. The molecule has 1 aliphatic rings. The summed E-state index contributed by atoms with van der Waals surface area (Å²) in [4.78, 5) is 13.9. The van der Waals surface area contributed by atoms with E-state index in [0.717, 1.165) is 25.9 Å². The fourth-order valence-electron chi connectivity index (χ4n) is 1.92. The predicted octanol–water partition coefficient (Wildman–Crippen LogP) is 0.479. The van der Waals surface area contributed by atoms with Crippen molar-refractivity contribution in [3.8, 4) is 0 Å². The normalized spacial score (nSPS) is 23.5. The van der Waals surface area contributed by atoms with Gasteiger partial charge in [0.2, 0.25) is 5.91 Å². The zero-order valence-electron chi connectivity index (χ0n) is 9.95. The maximum absolute atomic E-state index is 12.0. The fraction of sp³-hybridized carbons (Fsp3) is 0.909. The molecular formula is C11H22N2O2. The molecular weight excluding hydrogens is 192 g/mol. The summed E-state index contributed by atoms with van der Waals surface area (Å²) >= 11 is 0. The van der Waals surface area contributed by atoms with Crippen LogP contribution in [-0.4, -0.2) is 50.7 Å². The van der Waals surface area contributed by atoms with Crippen LogP contribution in [0.5, 0.6) is 0 Å². The highest BCUT2D eigenvalue weighted by Crippen LogP contribution is 2.14. The van der Waals surface area contributed by atoms with Gasteiger partial charge in [-0.05, 0) is 26.3 Å². The zero-order chi connectivity index (χ0) is 11.3. The van der Waals surface area contributed by atoms with E-state index in [1.54, 1.807) is 12.0 Å². The SMILES string of the molecule is COCC(C)N(C)C(=O)C1CCCNC1. The molecule has 4 heteroatoms. The van der Waals surface area contributed by atoms with Crippen molar-refractivity contribution in [3.63, 3.8) is 0 Å². The van der Waals surface area contributed by atoms with Crippen molar-refractivity contribution >= 4 is 5.91 Å². The van der Waals surface area contributed by atoms with Gasteiger partial charge >= 0.3 is 0 Å². The van der Waals surface area contributed by atoms with Crippen molar-refractivity contribution < 1.29 is 9.53 Å². The standard InChI is InChI=1S/C11H22N2O2/c1-9(8-15-3)13(2)11(14)10-5-4-6-12-7-10/h9-10,12H,4-8H2,1-3H3. The number of methoxy groups -OCH3 is 1. The lowest BCUT2D eigenvalue weighted by atomic mass is 9.98. The van der Waals surface area contributed by atoms with Crippen molar-refractivity contribution in [2.75, 3.05) is 33.9 Å². The van der Waals surface area contributed by atoms with Crippen LogP contribution < -0.4 is 5.32 Å². The number of likely N-dealkylation sites (N-methyl/N-ethyl adjacent to an activating group) is 1. The highest BCUT2D eigenvalue weighted by atomic mass is 16.5. The molecule has 0 spiro atoms. The number of amides is 1. The predicted molar refractivity (Wildman–Crippen MR) is 59.7 cm³/mol. The molecule has 0 aliphatic carbocycles. The second-order valence-electron chi connectivity index (χ2n) is 4.30. The van der Waals surface area contributed by atoms with Crippen LogP contribution >= 0.6 is 0 Å². The Balaban J connectivity index is 2.43. The maximum atomic E-state index is 12.0. The first-order valence-corrected chi connectivity index (χ1v) is 5.63. The summed E-state index contributed by atoms with van der Waals surface area (Å²) in [6.45, 7) is 4.48. The summed E-state index contributed by atoms with van der Waals surface area (Å²) in [5.41, 5.74) is 0. The second-order valence-corrected chi connectivity index (χ2v) is 4.30. The van der Waals surface area contributed by atoms with Crippen LogP contribution in [0, 0.1) is 5.92 Å². The monoisotopic (exact) mass is 214 g/mol. The third-order valence-corrected chi connectivity index (χ3v) is 3.06. The summed E-state index contributed by atoms with van der Waals surface area (Å²) in [5, 5.41) is 3.26. The van der Waals surface area contributed by atoms with Crippen LogP contribution in [0.25, 0.3) is 0 Å². The summed E-state index contributed by atoms with van der Waals surface area (Å²) < 4.78 is 5.05. The quantitative estimate of drug-likeness (QED) is 0.740. The Labute approximate surface area is 92.0 Å². The van der Waals surface area contributed by atoms with E-state index >= 15 is 0 Å². The van der Waals surface area contributed by atoms with Crippen molar-refractivity contribution in [2.24, 2.45) is 5.92 Å². The van der Waals surface area contributed by atoms with Gasteiger partial charge in [0.05, 0.1) is 18.6 Å². The average molecular weight is 214 g/mol. The largest absolute Gasteiger partial charge is 0.383 e. The maximum Gasteiger partial charge on any atom is 0.227 e. The van der Waals surface area contributed by atoms with Gasteiger partial charge < -0.3 is 15.0 Å². The highest BCUT2D eigenvalue weighted by Gasteiger charge is 2.26. The number of rotatable bonds is 4. The molecule has 0 aromatic carbocycles.